The summed E-state index contributed by atoms with van der Waals surface area (Å²) in [6.07, 6.45) is 1.03. The average molecular weight is 417 g/mol. The van der Waals surface area contributed by atoms with E-state index in [2.05, 4.69) is 9.82 Å². The van der Waals surface area contributed by atoms with Gasteiger partial charge in [0.15, 0.2) is 4.90 Å². The fraction of sp³-hybridized carbons (Fsp3) is 0.316. The van der Waals surface area contributed by atoms with E-state index in [1.54, 1.807) is 19.1 Å². The van der Waals surface area contributed by atoms with Crippen LogP contribution in [-0.4, -0.2) is 27.3 Å². The maximum absolute atomic E-state index is 12.7. The van der Waals surface area contributed by atoms with Crippen LogP contribution in [0.4, 0.5) is 0 Å². The Hall–Kier alpha value is -2.98. The average Bonchev–Trinajstić information content (AvgIpc) is 3.00. The predicted octanol–water partition coefficient (Wildman–Crippen LogP) is 0.926. The molecular formula is C19H23N5O4S. The second-order valence-electron chi connectivity index (χ2n) is 7.02. The van der Waals surface area contributed by atoms with Gasteiger partial charge in [-0.2, -0.15) is 5.10 Å². The number of benzene rings is 1. The highest BCUT2D eigenvalue weighted by Crippen LogP contribution is 2.19. The Labute approximate surface area is 168 Å². The summed E-state index contributed by atoms with van der Waals surface area (Å²) in [5.74, 6) is 0. The molecule has 1 atom stereocenters. The van der Waals surface area contributed by atoms with Gasteiger partial charge in [-0.15, -0.1) is 0 Å². The first-order valence-electron chi connectivity index (χ1n) is 8.94. The molecule has 10 heteroatoms. The Kier molecular flexibility index (Phi) is 5.33. The van der Waals surface area contributed by atoms with E-state index in [4.69, 9.17) is 0 Å². The van der Waals surface area contributed by atoms with E-state index in [9.17, 15) is 18.0 Å². The van der Waals surface area contributed by atoms with Crippen molar-refractivity contribution in [2.24, 2.45) is 14.1 Å². The Bertz CT molecular complexity index is 1280. The Balaban J connectivity index is 1.88. The molecule has 0 fully saturated rings. The molecule has 0 spiro atoms. The molecule has 0 unspecified atom stereocenters. The molecule has 9 nitrogen and oxygen atoms in total. The maximum Gasteiger partial charge on any atom is 0.330 e. The molecule has 0 saturated heterocycles. The molecule has 1 N–H and O–H groups in total. The maximum atomic E-state index is 12.7. The number of aromatic nitrogens is 4. The summed E-state index contributed by atoms with van der Waals surface area (Å²) in [5, 5.41) is 4.43. The van der Waals surface area contributed by atoms with Crippen LogP contribution in [0.3, 0.4) is 0 Å². The summed E-state index contributed by atoms with van der Waals surface area (Å²) in [4.78, 5) is 23.6. The molecule has 0 radical (unpaired) electrons. The molecule has 3 aromatic rings. The summed E-state index contributed by atoms with van der Waals surface area (Å²) < 4.78 is 31.6. The Morgan fingerprint density at radius 2 is 1.69 bits per heavy atom. The standard InChI is InChI=1S/C19H23N5O4S/c1-12-10-13(2)24(20-12)16-8-6-15(7-9-16)14(3)21-29(27,28)17-11-22(4)19(26)23(5)18(17)25/h6-11,14,21H,1-5H3/t14-/m0/s1. The molecule has 29 heavy (non-hydrogen) atoms. The van der Waals surface area contributed by atoms with Crippen LogP contribution in [0.5, 0.6) is 0 Å². The quantitative estimate of drug-likeness (QED) is 0.664. The van der Waals surface area contributed by atoms with Crippen molar-refractivity contribution < 1.29 is 8.42 Å². The van der Waals surface area contributed by atoms with Crippen LogP contribution in [0.2, 0.25) is 0 Å². The van der Waals surface area contributed by atoms with Crippen LogP contribution >= 0.6 is 0 Å². The predicted molar refractivity (Wildman–Crippen MR) is 109 cm³/mol. The van der Waals surface area contributed by atoms with Gasteiger partial charge < -0.3 is 4.57 Å². The number of nitrogens with one attached hydrogen (secondary N) is 1. The summed E-state index contributed by atoms with van der Waals surface area (Å²) >= 11 is 0. The number of aryl methyl sites for hydroxylation is 3. The minimum absolute atomic E-state index is 0.479. The molecule has 3 rings (SSSR count). The fourth-order valence-electron chi connectivity index (χ4n) is 3.12. The largest absolute Gasteiger partial charge is 0.330 e. The molecule has 0 bridgehead atoms. The third kappa shape index (κ3) is 3.94. The van der Waals surface area contributed by atoms with Gasteiger partial charge in [0.2, 0.25) is 10.0 Å². The first kappa shape index (κ1) is 20.7. The molecule has 0 aliphatic heterocycles. The van der Waals surface area contributed by atoms with Gasteiger partial charge in [0, 0.05) is 32.0 Å². The summed E-state index contributed by atoms with van der Waals surface area (Å²) in [7, 11) is -1.49. The van der Waals surface area contributed by atoms with E-state index in [1.807, 2.05) is 36.7 Å². The number of sulfonamides is 1. The zero-order chi connectivity index (χ0) is 21.5. The highest BCUT2D eigenvalue weighted by Gasteiger charge is 2.24. The van der Waals surface area contributed by atoms with Crippen molar-refractivity contribution in [1.29, 1.82) is 0 Å². The van der Waals surface area contributed by atoms with Gasteiger partial charge in [-0.1, -0.05) is 12.1 Å². The van der Waals surface area contributed by atoms with Crippen LogP contribution in [-0.2, 0) is 24.1 Å². The highest BCUT2D eigenvalue weighted by molar-refractivity contribution is 7.89. The van der Waals surface area contributed by atoms with Crippen molar-refractivity contribution in [1.82, 2.24) is 23.6 Å². The highest BCUT2D eigenvalue weighted by atomic mass is 32.2. The van der Waals surface area contributed by atoms with E-state index >= 15 is 0 Å². The summed E-state index contributed by atoms with van der Waals surface area (Å²) in [6.45, 7) is 5.55. The molecule has 0 aliphatic rings. The van der Waals surface area contributed by atoms with E-state index < -0.39 is 32.2 Å². The van der Waals surface area contributed by atoms with Crippen molar-refractivity contribution in [3.05, 3.63) is 74.3 Å². The lowest BCUT2D eigenvalue weighted by atomic mass is 10.1. The van der Waals surface area contributed by atoms with Crippen LogP contribution in [0.1, 0.15) is 29.9 Å². The number of hydrogen-bond acceptors (Lipinski definition) is 5. The lowest BCUT2D eigenvalue weighted by molar-refractivity contribution is 0.557. The molecule has 1 aromatic carbocycles. The second kappa shape index (κ2) is 7.45. The molecule has 2 aromatic heterocycles. The van der Waals surface area contributed by atoms with Crippen LogP contribution in [0.15, 0.2) is 51.0 Å². The lowest BCUT2D eigenvalue weighted by Crippen LogP contribution is -2.41. The summed E-state index contributed by atoms with van der Waals surface area (Å²) in [6, 6.07) is 8.69. The molecular weight excluding hydrogens is 394 g/mol. The van der Waals surface area contributed by atoms with E-state index in [0.717, 1.165) is 38.0 Å². The minimum Gasteiger partial charge on any atom is -0.302 e. The van der Waals surface area contributed by atoms with Crippen LogP contribution in [0, 0.1) is 13.8 Å². The fourth-order valence-corrected chi connectivity index (χ4v) is 4.51. The van der Waals surface area contributed by atoms with Gasteiger partial charge in [0.25, 0.3) is 5.56 Å². The van der Waals surface area contributed by atoms with Gasteiger partial charge in [0.05, 0.1) is 11.4 Å². The van der Waals surface area contributed by atoms with Crippen LogP contribution < -0.4 is 16.0 Å². The van der Waals surface area contributed by atoms with Crippen LogP contribution in [0.25, 0.3) is 5.69 Å². The normalized spacial score (nSPS) is 12.9. The second-order valence-corrected chi connectivity index (χ2v) is 8.71. The van der Waals surface area contributed by atoms with Gasteiger partial charge in [-0.05, 0) is 44.5 Å². The number of hydrogen-bond donors (Lipinski definition) is 1. The lowest BCUT2D eigenvalue weighted by Gasteiger charge is -2.16. The van der Waals surface area contributed by atoms with Crippen molar-refractivity contribution >= 4 is 10.0 Å². The van der Waals surface area contributed by atoms with Gasteiger partial charge in [0.1, 0.15) is 0 Å². The Morgan fingerprint density at radius 1 is 1.07 bits per heavy atom. The molecule has 0 saturated carbocycles. The molecule has 154 valence electrons. The first-order valence-corrected chi connectivity index (χ1v) is 10.4. The Morgan fingerprint density at radius 3 is 2.24 bits per heavy atom. The molecule has 2 heterocycles. The van der Waals surface area contributed by atoms with Gasteiger partial charge in [-0.3, -0.25) is 9.36 Å². The molecule has 0 amide bonds. The minimum atomic E-state index is -4.13. The monoisotopic (exact) mass is 417 g/mol. The zero-order valence-electron chi connectivity index (χ0n) is 16.9. The van der Waals surface area contributed by atoms with Gasteiger partial charge >= 0.3 is 5.69 Å². The van der Waals surface area contributed by atoms with Crippen molar-refractivity contribution in [2.75, 3.05) is 0 Å². The number of rotatable bonds is 5. The van der Waals surface area contributed by atoms with Crippen molar-refractivity contribution in [2.45, 2.75) is 31.7 Å². The van der Waals surface area contributed by atoms with Crippen molar-refractivity contribution in [3.63, 3.8) is 0 Å². The van der Waals surface area contributed by atoms with Crippen molar-refractivity contribution in [3.8, 4) is 5.69 Å². The van der Waals surface area contributed by atoms with E-state index in [0.29, 0.717) is 0 Å². The zero-order valence-corrected chi connectivity index (χ0v) is 17.7. The molecule has 0 aliphatic carbocycles. The SMILES string of the molecule is Cc1cc(C)n(-c2ccc([C@H](C)NS(=O)(=O)c3cn(C)c(=O)n(C)c3=O)cc2)n1. The first-order chi connectivity index (χ1) is 13.5. The van der Waals surface area contributed by atoms with E-state index in [-0.39, 0.29) is 0 Å². The summed E-state index contributed by atoms with van der Waals surface area (Å²) in [5.41, 5.74) is 2.03. The van der Waals surface area contributed by atoms with Gasteiger partial charge in [-0.25, -0.2) is 22.6 Å². The topological polar surface area (TPSA) is 108 Å². The van der Waals surface area contributed by atoms with E-state index in [1.165, 1.54) is 14.1 Å². The smallest absolute Gasteiger partial charge is 0.302 e. The third-order valence-corrected chi connectivity index (χ3v) is 6.21. The third-order valence-electron chi connectivity index (χ3n) is 4.68. The number of nitrogens with zero attached hydrogens (tertiary/aromatic N) is 4.